The van der Waals surface area contributed by atoms with Gasteiger partial charge in [-0.15, -0.1) is 0 Å². The maximum absolute atomic E-state index is 11.1. The summed E-state index contributed by atoms with van der Waals surface area (Å²) in [6.45, 7) is 0.198. The number of rotatable bonds is 5. The molecule has 0 spiro atoms. The standard InChI is InChI=1S/C9H12N4O4/c1-12(2-3-14)8-4-6(9(10)15)7(5-11-8)13(16)17/h4-5,14H,2-3H2,1H3,(H2,10,15). The summed E-state index contributed by atoms with van der Waals surface area (Å²) in [7, 11) is 1.63. The molecule has 0 atom stereocenters. The van der Waals surface area contributed by atoms with Gasteiger partial charge in [-0.2, -0.15) is 0 Å². The van der Waals surface area contributed by atoms with E-state index in [4.69, 9.17) is 10.8 Å². The first-order chi connectivity index (χ1) is 7.97. The van der Waals surface area contributed by atoms with E-state index in [9.17, 15) is 14.9 Å². The lowest BCUT2D eigenvalue weighted by molar-refractivity contribution is -0.385. The number of aliphatic hydroxyl groups excluding tert-OH is 1. The molecule has 92 valence electrons. The topological polar surface area (TPSA) is 123 Å². The molecular formula is C9H12N4O4. The third-order valence-corrected chi connectivity index (χ3v) is 2.16. The summed E-state index contributed by atoms with van der Waals surface area (Å²) in [5.41, 5.74) is 4.42. The number of nitrogens with two attached hydrogens (primary N) is 1. The van der Waals surface area contributed by atoms with Gasteiger partial charge in [-0.25, -0.2) is 4.98 Å². The van der Waals surface area contributed by atoms with Crippen molar-refractivity contribution in [2.75, 3.05) is 25.1 Å². The lowest BCUT2D eigenvalue weighted by Crippen LogP contribution is -2.23. The van der Waals surface area contributed by atoms with Gasteiger partial charge in [0.2, 0.25) is 0 Å². The zero-order valence-corrected chi connectivity index (χ0v) is 9.16. The Balaban J connectivity index is 3.18. The van der Waals surface area contributed by atoms with Gasteiger partial charge in [0.1, 0.15) is 17.6 Å². The number of carbonyl (C=O) groups excluding carboxylic acids is 1. The van der Waals surface area contributed by atoms with Crippen LogP contribution in [-0.2, 0) is 0 Å². The number of nitro groups is 1. The molecule has 1 rings (SSSR count). The quantitative estimate of drug-likeness (QED) is 0.529. The normalized spacial score (nSPS) is 10.0. The largest absolute Gasteiger partial charge is 0.395 e. The van der Waals surface area contributed by atoms with Gasteiger partial charge < -0.3 is 15.7 Å². The van der Waals surface area contributed by atoms with Crippen LogP contribution in [-0.4, -0.2) is 41.1 Å². The van der Waals surface area contributed by atoms with Crippen molar-refractivity contribution >= 4 is 17.4 Å². The molecule has 8 heteroatoms. The molecule has 0 aliphatic carbocycles. The first kappa shape index (κ1) is 12.8. The molecule has 0 unspecified atom stereocenters. The Hall–Kier alpha value is -2.22. The summed E-state index contributed by atoms with van der Waals surface area (Å²) in [6, 6.07) is 1.23. The number of likely N-dealkylation sites (N-methyl/N-ethyl adjacent to an activating group) is 1. The zero-order chi connectivity index (χ0) is 13.0. The van der Waals surface area contributed by atoms with E-state index in [1.165, 1.54) is 6.07 Å². The van der Waals surface area contributed by atoms with Crippen molar-refractivity contribution in [3.8, 4) is 0 Å². The fourth-order valence-corrected chi connectivity index (χ4v) is 1.25. The molecule has 0 fully saturated rings. The van der Waals surface area contributed by atoms with Crippen molar-refractivity contribution in [2.45, 2.75) is 0 Å². The van der Waals surface area contributed by atoms with E-state index in [-0.39, 0.29) is 12.2 Å². The molecule has 8 nitrogen and oxygen atoms in total. The predicted octanol–water partition coefficient (Wildman–Crippen LogP) is -0.483. The van der Waals surface area contributed by atoms with Crippen LogP contribution in [0.15, 0.2) is 12.3 Å². The van der Waals surface area contributed by atoms with Crippen LogP contribution in [0.25, 0.3) is 0 Å². The molecule has 1 aromatic heterocycles. The number of aliphatic hydroxyl groups is 1. The van der Waals surface area contributed by atoms with Crippen LogP contribution in [0.3, 0.4) is 0 Å². The second kappa shape index (κ2) is 5.21. The summed E-state index contributed by atoms with van der Waals surface area (Å²) in [4.78, 5) is 26.4. The Bertz CT molecular complexity index is 449. The van der Waals surface area contributed by atoms with E-state index in [0.717, 1.165) is 6.20 Å². The highest BCUT2D eigenvalue weighted by Crippen LogP contribution is 2.21. The number of nitrogens with zero attached hydrogens (tertiary/aromatic N) is 3. The lowest BCUT2D eigenvalue weighted by Gasteiger charge is -2.16. The van der Waals surface area contributed by atoms with Crippen LogP contribution < -0.4 is 10.6 Å². The van der Waals surface area contributed by atoms with E-state index in [2.05, 4.69) is 4.98 Å². The summed E-state index contributed by atoms with van der Waals surface area (Å²) >= 11 is 0. The molecule has 1 heterocycles. The number of primary amides is 1. The molecule has 0 bridgehead atoms. The molecule has 0 aromatic carbocycles. The number of anilines is 1. The number of aromatic nitrogens is 1. The molecule has 0 aliphatic heterocycles. The van der Waals surface area contributed by atoms with Gasteiger partial charge in [0, 0.05) is 19.7 Å². The Kier molecular flexibility index (Phi) is 3.94. The van der Waals surface area contributed by atoms with Crippen molar-refractivity contribution < 1.29 is 14.8 Å². The minimum Gasteiger partial charge on any atom is -0.395 e. The highest BCUT2D eigenvalue weighted by atomic mass is 16.6. The highest BCUT2D eigenvalue weighted by Gasteiger charge is 2.20. The molecule has 0 saturated carbocycles. The van der Waals surface area contributed by atoms with Gasteiger partial charge in [0.15, 0.2) is 0 Å². The van der Waals surface area contributed by atoms with Gasteiger partial charge in [0.05, 0.1) is 11.5 Å². The average Bonchev–Trinajstić information content (AvgIpc) is 2.28. The number of carbonyl (C=O) groups is 1. The van der Waals surface area contributed by atoms with Crippen LogP contribution in [0.4, 0.5) is 11.5 Å². The number of hydrogen-bond donors (Lipinski definition) is 2. The second-order valence-corrected chi connectivity index (χ2v) is 3.33. The highest BCUT2D eigenvalue weighted by molar-refractivity contribution is 5.97. The van der Waals surface area contributed by atoms with Crippen LogP contribution in [0.2, 0.25) is 0 Å². The van der Waals surface area contributed by atoms with E-state index in [1.54, 1.807) is 11.9 Å². The zero-order valence-electron chi connectivity index (χ0n) is 9.16. The number of amides is 1. The van der Waals surface area contributed by atoms with Crippen molar-refractivity contribution in [2.24, 2.45) is 5.73 Å². The van der Waals surface area contributed by atoms with Crippen molar-refractivity contribution in [1.82, 2.24) is 4.98 Å². The molecule has 3 N–H and O–H groups in total. The van der Waals surface area contributed by atoms with Crippen LogP contribution in [0.1, 0.15) is 10.4 Å². The third kappa shape index (κ3) is 2.88. The Labute approximate surface area is 96.8 Å². The Morgan fingerprint density at radius 2 is 2.35 bits per heavy atom. The molecule has 0 aliphatic rings. The maximum atomic E-state index is 11.1. The minimum atomic E-state index is -0.891. The van der Waals surface area contributed by atoms with Gasteiger partial charge in [-0.05, 0) is 0 Å². The van der Waals surface area contributed by atoms with E-state index < -0.39 is 16.5 Å². The third-order valence-electron chi connectivity index (χ3n) is 2.16. The lowest BCUT2D eigenvalue weighted by atomic mass is 10.2. The second-order valence-electron chi connectivity index (χ2n) is 3.33. The minimum absolute atomic E-state index is 0.0962. The summed E-state index contributed by atoms with van der Waals surface area (Å²) in [5, 5.41) is 19.4. The van der Waals surface area contributed by atoms with Gasteiger partial charge >= 0.3 is 0 Å². The average molecular weight is 240 g/mol. The molecule has 1 aromatic rings. The molecule has 17 heavy (non-hydrogen) atoms. The Morgan fingerprint density at radius 3 is 2.82 bits per heavy atom. The first-order valence-electron chi connectivity index (χ1n) is 4.73. The van der Waals surface area contributed by atoms with E-state index >= 15 is 0 Å². The van der Waals surface area contributed by atoms with E-state index in [1.807, 2.05) is 0 Å². The molecular weight excluding hydrogens is 228 g/mol. The van der Waals surface area contributed by atoms with Crippen LogP contribution in [0, 0.1) is 10.1 Å². The fraction of sp³-hybridized carbons (Fsp3) is 0.333. The van der Waals surface area contributed by atoms with Crippen molar-refractivity contribution in [3.63, 3.8) is 0 Å². The SMILES string of the molecule is CN(CCO)c1cc(C(N)=O)c([N+](=O)[O-])cn1. The van der Waals surface area contributed by atoms with Crippen molar-refractivity contribution in [1.29, 1.82) is 0 Å². The van der Waals surface area contributed by atoms with Gasteiger partial charge in [-0.1, -0.05) is 0 Å². The van der Waals surface area contributed by atoms with Gasteiger partial charge in [-0.3, -0.25) is 14.9 Å². The number of hydrogen-bond acceptors (Lipinski definition) is 6. The van der Waals surface area contributed by atoms with Crippen molar-refractivity contribution in [3.05, 3.63) is 27.9 Å². The monoisotopic (exact) mass is 240 g/mol. The smallest absolute Gasteiger partial charge is 0.300 e. The predicted molar refractivity (Wildman–Crippen MR) is 59.8 cm³/mol. The molecule has 0 radical (unpaired) electrons. The first-order valence-corrected chi connectivity index (χ1v) is 4.73. The summed E-state index contributed by atoms with van der Waals surface area (Å²) in [5.74, 6) is -0.559. The van der Waals surface area contributed by atoms with Crippen LogP contribution >= 0.6 is 0 Å². The molecule has 1 amide bonds. The fourth-order valence-electron chi connectivity index (χ4n) is 1.25. The van der Waals surface area contributed by atoms with E-state index in [0.29, 0.717) is 12.4 Å². The maximum Gasteiger partial charge on any atom is 0.300 e. The number of pyridine rings is 1. The summed E-state index contributed by atoms with van der Waals surface area (Å²) < 4.78 is 0. The molecule has 0 saturated heterocycles. The summed E-state index contributed by atoms with van der Waals surface area (Å²) in [6.07, 6.45) is 0.975. The van der Waals surface area contributed by atoms with Gasteiger partial charge in [0.25, 0.3) is 11.6 Å². The Morgan fingerprint density at radius 1 is 1.71 bits per heavy atom. The van der Waals surface area contributed by atoms with Crippen LogP contribution in [0.5, 0.6) is 0 Å².